The number of nitrogens with two attached hydrogens (primary N) is 1. The molecule has 1 rings (SSSR count). The van der Waals surface area contributed by atoms with E-state index >= 15 is 0 Å². The lowest BCUT2D eigenvalue weighted by atomic mass is 10.0. The lowest BCUT2D eigenvalue weighted by molar-refractivity contribution is -0.385. The monoisotopic (exact) mass is 228 g/mol. The molecule has 0 aliphatic carbocycles. The van der Waals surface area contributed by atoms with Gasteiger partial charge in [-0.3, -0.25) is 10.1 Å². The molecule has 16 heavy (non-hydrogen) atoms. The molecule has 0 saturated heterocycles. The molecule has 0 aromatic heterocycles. The van der Waals surface area contributed by atoms with E-state index in [9.17, 15) is 14.5 Å². The third-order valence-corrected chi connectivity index (χ3v) is 2.26. The normalized spacial score (nSPS) is 12.4. The third kappa shape index (κ3) is 2.98. The van der Waals surface area contributed by atoms with Gasteiger partial charge in [-0.25, -0.2) is 4.39 Å². The minimum atomic E-state index is -0.636. The van der Waals surface area contributed by atoms with Crippen LogP contribution in [0.25, 0.3) is 0 Å². The molecule has 1 aromatic carbocycles. The first-order valence-electron chi connectivity index (χ1n) is 4.86. The van der Waals surface area contributed by atoms with Crippen LogP contribution in [0.3, 0.4) is 0 Å². The second-order valence-electron chi connectivity index (χ2n) is 3.43. The summed E-state index contributed by atoms with van der Waals surface area (Å²) in [6.45, 7) is -0.0448. The maximum absolute atomic E-state index is 13.0. The van der Waals surface area contributed by atoms with E-state index in [1.165, 1.54) is 0 Å². The number of hydrogen-bond acceptors (Lipinski definition) is 4. The summed E-state index contributed by atoms with van der Waals surface area (Å²) in [7, 11) is 0. The molecule has 3 N–H and O–H groups in total. The molecule has 0 aliphatic heterocycles. The van der Waals surface area contributed by atoms with Crippen LogP contribution in [0.1, 0.15) is 24.4 Å². The zero-order valence-electron chi connectivity index (χ0n) is 8.60. The van der Waals surface area contributed by atoms with E-state index in [2.05, 4.69) is 0 Å². The third-order valence-electron chi connectivity index (χ3n) is 2.26. The number of nitro groups is 1. The van der Waals surface area contributed by atoms with Crippen molar-refractivity contribution in [2.45, 2.75) is 18.9 Å². The summed E-state index contributed by atoms with van der Waals surface area (Å²) in [5.41, 5.74) is 5.68. The highest BCUT2D eigenvalue weighted by Gasteiger charge is 2.19. The zero-order valence-corrected chi connectivity index (χ0v) is 8.60. The largest absolute Gasteiger partial charge is 0.396 e. The van der Waals surface area contributed by atoms with Crippen LogP contribution in [0, 0.1) is 15.9 Å². The van der Waals surface area contributed by atoms with Gasteiger partial charge < -0.3 is 10.8 Å². The highest BCUT2D eigenvalue weighted by atomic mass is 19.1. The Bertz CT molecular complexity index is 384. The molecule has 1 atom stereocenters. The molecule has 88 valence electrons. The lowest BCUT2D eigenvalue weighted by Gasteiger charge is -2.11. The SMILES string of the molecule is N[C@H](CCCO)c1cc(F)ccc1[N+](=O)[O-]. The molecule has 0 spiro atoms. The molecule has 6 heteroatoms. The molecule has 1 aromatic rings. The van der Waals surface area contributed by atoms with Crippen LogP contribution in [-0.4, -0.2) is 16.6 Å². The van der Waals surface area contributed by atoms with Gasteiger partial charge in [-0.1, -0.05) is 0 Å². The first-order chi connectivity index (χ1) is 7.56. The lowest BCUT2D eigenvalue weighted by Crippen LogP contribution is -2.13. The van der Waals surface area contributed by atoms with Crippen molar-refractivity contribution in [2.24, 2.45) is 5.73 Å². The van der Waals surface area contributed by atoms with Crippen molar-refractivity contribution >= 4 is 5.69 Å². The number of benzene rings is 1. The second kappa shape index (κ2) is 5.53. The van der Waals surface area contributed by atoms with E-state index in [4.69, 9.17) is 10.8 Å². The summed E-state index contributed by atoms with van der Waals surface area (Å²) >= 11 is 0. The van der Waals surface area contributed by atoms with Gasteiger partial charge in [0.1, 0.15) is 5.82 Å². The van der Waals surface area contributed by atoms with Crippen LogP contribution in [-0.2, 0) is 0 Å². The van der Waals surface area contributed by atoms with Gasteiger partial charge >= 0.3 is 0 Å². The molecule has 0 unspecified atom stereocenters. The van der Waals surface area contributed by atoms with Crippen molar-refractivity contribution in [2.75, 3.05) is 6.61 Å². The van der Waals surface area contributed by atoms with Crippen molar-refractivity contribution in [3.05, 3.63) is 39.7 Å². The Kier molecular flexibility index (Phi) is 4.33. The summed E-state index contributed by atoms with van der Waals surface area (Å²) in [6, 6.07) is 2.56. The van der Waals surface area contributed by atoms with Crippen molar-refractivity contribution < 1.29 is 14.4 Å². The number of nitro benzene ring substituents is 1. The number of aliphatic hydroxyl groups is 1. The molecule has 0 amide bonds. The maximum atomic E-state index is 13.0. The average Bonchev–Trinajstić information content (AvgIpc) is 2.25. The number of rotatable bonds is 5. The molecule has 5 nitrogen and oxygen atoms in total. The zero-order chi connectivity index (χ0) is 12.1. The van der Waals surface area contributed by atoms with Gasteiger partial charge in [0, 0.05) is 24.3 Å². The number of hydrogen-bond donors (Lipinski definition) is 2. The van der Waals surface area contributed by atoms with E-state index in [-0.39, 0.29) is 17.9 Å². The topological polar surface area (TPSA) is 89.4 Å². The predicted molar refractivity (Wildman–Crippen MR) is 56.3 cm³/mol. The maximum Gasteiger partial charge on any atom is 0.274 e. The van der Waals surface area contributed by atoms with E-state index in [1.54, 1.807) is 0 Å². The Morgan fingerprint density at radius 1 is 1.56 bits per heavy atom. The van der Waals surface area contributed by atoms with Gasteiger partial charge in [-0.15, -0.1) is 0 Å². The van der Waals surface area contributed by atoms with Crippen LogP contribution < -0.4 is 5.73 Å². The Morgan fingerprint density at radius 2 is 2.25 bits per heavy atom. The molecular weight excluding hydrogens is 215 g/mol. The standard InChI is InChI=1S/C10H13FN2O3/c11-7-3-4-10(13(15)16)8(6-7)9(12)2-1-5-14/h3-4,6,9,14H,1-2,5,12H2/t9-/m1/s1. The van der Waals surface area contributed by atoms with Crippen molar-refractivity contribution in [3.63, 3.8) is 0 Å². The highest BCUT2D eigenvalue weighted by molar-refractivity contribution is 5.42. The van der Waals surface area contributed by atoms with Gasteiger partial charge in [0.05, 0.1) is 4.92 Å². The summed E-state index contributed by atoms with van der Waals surface area (Å²) in [6.07, 6.45) is 0.801. The summed E-state index contributed by atoms with van der Waals surface area (Å²) in [4.78, 5) is 10.1. The quantitative estimate of drug-likeness (QED) is 0.590. The second-order valence-corrected chi connectivity index (χ2v) is 3.43. The first-order valence-corrected chi connectivity index (χ1v) is 4.86. The van der Waals surface area contributed by atoms with Crippen molar-refractivity contribution in [3.8, 4) is 0 Å². The fraction of sp³-hybridized carbons (Fsp3) is 0.400. The van der Waals surface area contributed by atoms with E-state index in [0.29, 0.717) is 12.8 Å². The minimum absolute atomic E-state index is 0.0448. The predicted octanol–water partition coefficient (Wildman–Crippen LogP) is 1.51. The fourth-order valence-electron chi connectivity index (χ4n) is 1.46. The van der Waals surface area contributed by atoms with Gasteiger partial charge in [0.15, 0.2) is 0 Å². The Morgan fingerprint density at radius 3 is 2.81 bits per heavy atom. The molecule has 0 fully saturated rings. The number of halogens is 1. The molecule has 0 radical (unpaired) electrons. The Labute approximate surface area is 91.8 Å². The molecule has 0 heterocycles. The molecule has 0 saturated carbocycles. The fourth-order valence-corrected chi connectivity index (χ4v) is 1.46. The molecule has 0 aliphatic rings. The summed E-state index contributed by atoms with van der Waals surface area (Å²) in [5, 5.41) is 19.3. The van der Waals surface area contributed by atoms with Crippen LogP contribution in [0.4, 0.5) is 10.1 Å². The van der Waals surface area contributed by atoms with E-state index < -0.39 is 16.8 Å². The smallest absolute Gasteiger partial charge is 0.274 e. The number of aliphatic hydroxyl groups excluding tert-OH is 1. The Balaban J connectivity index is 2.99. The minimum Gasteiger partial charge on any atom is -0.396 e. The Hall–Kier alpha value is -1.53. The molecular formula is C10H13FN2O3. The number of nitrogens with zero attached hydrogens (tertiary/aromatic N) is 1. The van der Waals surface area contributed by atoms with Gasteiger partial charge in [0.25, 0.3) is 5.69 Å². The average molecular weight is 228 g/mol. The van der Waals surface area contributed by atoms with Crippen LogP contribution >= 0.6 is 0 Å². The van der Waals surface area contributed by atoms with Crippen LogP contribution in [0.15, 0.2) is 18.2 Å². The first kappa shape index (κ1) is 12.5. The summed E-state index contributed by atoms with van der Waals surface area (Å²) < 4.78 is 13.0. The van der Waals surface area contributed by atoms with E-state index in [0.717, 1.165) is 18.2 Å². The van der Waals surface area contributed by atoms with E-state index in [1.807, 2.05) is 0 Å². The van der Waals surface area contributed by atoms with Crippen molar-refractivity contribution in [1.82, 2.24) is 0 Å². The summed E-state index contributed by atoms with van der Waals surface area (Å²) in [5.74, 6) is -0.556. The van der Waals surface area contributed by atoms with Crippen LogP contribution in [0.5, 0.6) is 0 Å². The van der Waals surface area contributed by atoms with Gasteiger partial charge in [-0.05, 0) is 25.0 Å². The van der Waals surface area contributed by atoms with Gasteiger partial charge in [-0.2, -0.15) is 0 Å². The highest BCUT2D eigenvalue weighted by Crippen LogP contribution is 2.26. The molecule has 0 bridgehead atoms. The van der Waals surface area contributed by atoms with Crippen molar-refractivity contribution in [1.29, 1.82) is 0 Å². The van der Waals surface area contributed by atoms with Gasteiger partial charge in [0.2, 0.25) is 0 Å². The van der Waals surface area contributed by atoms with Crippen LogP contribution in [0.2, 0.25) is 0 Å².